The largest absolute Gasteiger partial charge is 0.497 e. The van der Waals surface area contributed by atoms with Crippen LogP contribution in [0.5, 0.6) is 11.5 Å². The highest BCUT2D eigenvalue weighted by Crippen LogP contribution is 2.29. The van der Waals surface area contributed by atoms with Gasteiger partial charge in [0.15, 0.2) is 12.3 Å². The molecule has 1 amide bonds. The molecular weight excluding hydrogens is 403 g/mol. The Balaban J connectivity index is 1.84. The molecule has 2 aromatic carbocycles. The maximum Gasteiger partial charge on any atom is 0.356 e. The van der Waals surface area contributed by atoms with E-state index in [4.69, 9.17) is 25.8 Å². The normalized spacial score (nSPS) is 10.5. The maximum absolute atomic E-state index is 13.2. The van der Waals surface area contributed by atoms with Gasteiger partial charge in [-0.2, -0.15) is 0 Å². The molecule has 0 saturated heterocycles. The quantitative estimate of drug-likeness (QED) is 0.612. The Kier molecular flexibility index (Phi) is 6.13. The standard InChI is InChI=1S/C20H16ClFN2O5/c1-27-12-4-6-16-13(8-12)18(9-17(24-16)20(26)28-2)29-10-19(25)23-11-3-5-15(22)14(21)7-11/h3-9H,10H2,1-2H3,(H,23,25). The van der Waals surface area contributed by atoms with Gasteiger partial charge in [0.1, 0.15) is 17.3 Å². The molecule has 1 aromatic heterocycles. The molecule has 1 heterocycles. The molecule has 0 aliphatic carbocycles. The highest BCUT2D eigenvalue weighted by atomic mass is 35.5. The fourth-order valence-corrected chi connectivity index (χ4v) is 2.72. The Morgan fingerprint density at radius 3 is 2.62 bits per heavy atom. The van der Waals surface area contributed by atoms with Crippen molar-refractivity contribution in [2.24, 2.45) is 0 Å². The Labute approximate surface area is 170 Å². The van der Waals surface area contributed by atoms with Crippen molar-refractivity contribution in [2.75, 3.05) is 26.1 Å². The Bertz CT molecular complexity index is 1090. The van der Waals surface area contributed by atoms with Crippen molar-refractivity contribution < 1.29 is 28.2 Å². The van der Waals surface area contributed by atoms with E-state index in [1.807, 2.05) is 0 Å². The van der Waals surface area contributed by atoms with Gasteiger partial charge in [-0.25, -0.2) is 14.2 Å². The number of hydrogen-bond acceptors (Lipinski definition) is 6. The Morgan fingerprint density at radius 2 is 1.93 bits per heavy atom. The van der Waals surface area contributed by atoms with Gasteiger partial charge in [-0.15, -0.1) is 0 Å². The fourth-order valence-electron chi connectivity index (χ4n) is 2.54. The zero-order chi connectivity index (χ0) is 21.0. The number of nitrogens with one attached hydrogen (secondary N) is 1. The summed E-state index contributed by atoms with van der Waals surface area (Å²) in [4.78, 5) is 28.3. The molecule has 9 heteroatoms. The fraction of sp³-hybridized carbons (Fsp3) is 0.150. The maximum atomic E-state index is 13.2. The van der Waals surface area contributed by atoms with E-state index in [9.17, 15) is 14.0 Å². The predicted molar refractivity (Wildman–Crippen MR) is 105 cm³/mol. The number of anilines is 1. The summed E-state index contributed by atoms with van der Waals surface area (Å²) in [6, 6.07) is 10.2. The number of fused-ring (bicyclic) bond motifs is 1. The van der Waals surface area contributed by atoms with E-state index in [1.165, 1.54) is 32.4 Å². The number of hydrogen-bond donors (Lipinski definition) is 1. The average Bonchev–Trinajstić information content (AvgIpc) is 2.73. The first-order chi connectivity index (χ1) is 13.9. The van der Waals surface area contributed by atoms with Crippen molar-refractivity contribution >= 4 is 40.1 Å². The van der Waals surface area contributed by atoms with Gasteiger partial charge in [0, 0.05) is 17.1 Å². The van der Waals surface area contributed by atoms with E-state index in [0.29, 0.717) is 22.3 Å². The second-order valence-electron chi connectivity index (χ2n) is 5.85. The van der Waals surface area contributed by atoms with Gasteiger partial charge in [0.2, 0.25) is 0 Å². The van der Waals surface area contributed by atoms with Crippen LogP contribution in [0.1, 0.15) is 10.5 Å². The van der Waals surface area contributed by atoms with Crippen LogP contribution < -0.4 is 14.8 Å². The van der Waals surface area contributed by atoms with Gasteiger partial charge >= 0.3 is 5.97 Å². The monoisotopic (exact) mass is 418 g/mol. The SMILES string of the molecule is COC(=O)c1cc(OCC(=O)Nc2ccc(F)c(Cl)c2)c2cc(OC)ccc2n1. The van der Waals surface area contributed by atoms with Crippen LogP contribution in [-0.2, 0) is 9.53 Å². The molecule has 0 radical (unpaired) electrons. The number of pyridine rings is 1. The summed E-state index contributed by atoms with van der Waals surface area (Å²) in [5.41, 5.74) is 0.821. The molecule has 29 heavy (non-hydrogen) atoms. The lowest BCUT2D eigenvalue weighted by Crippen LogP contribution is -2.20. The predicted octanol–water partition coefficient (Wildman–Crippen LogP) is 3.84. The van der Waals surface area contributed by atoms with Crippen LogP contribution >= 0.6 is 11.6 Å². The zero-order valence-electron chi connectivity index (χ0n) is 15.5. The molecule has 0 atom stereocenters. The molecule has 7 nitrogen and oxygen atoms in total. The number of halogens is 2. The molecule has 0 fully saturated rings. The number of aromatic nitrogens is 1. The first-order valence-corrected chi connectivity index (χ1v) is 8.74. The highest BCUT2D eigenvalue weighted by Gasteiger charge is 2.15. The number of ether oxygens (including phenoxy) is 3. The van der Waals surface area contributed by atoms with Crippen LogP contribution in [0, 0.1) is 5.82 Å². The van der Waals surface area contributed by atoms with Crippen molar-refractivity contribution in [3.8, 4) is 11.5 Å². The van der Waals surface area contributed by atoms with E-state index >= 15 is 0 Å². The summed E-state index contributed by atoms with van der Waals surface area (Å²) in [5.74, 6) is -0.923. The summed E-state index contributed by atoms with van der Waals surface area (Å²) in [6.07, 6.45) is 0. The lowest BCUT2D eigenvalue weighted by Gasteiger charge is -2.12. The number of carbonyl (C=O) groups is 2. The van der Waals surface area contributed by atoms with Crippen LogP contribution in [-0.4, -0.2) is 37.7 Å². The lowest BCUT2D eigenvalue weighted by atomic mass is 10.1. The number of nitrogens with zero attached hydrogens (tertiary/aromatic N) is 1. The van der Waals surface area contributed by atoms with E-state index in [-0.39, 0.29) is 23.1 Å². The third-order valence-electron chi connectivity index (χ3n) is 3.93. The summed E-state index contributed by atoms with van der Waals surface area (Å²) in [7, 11) is 2.75. The lowest BCUT2D eigenvalue weighted by molar-refractivity contribution is -0.118. The van der Waals surface area contributed by atoms with E-state index in [0.717, 1.165) is 6.07 Å². The van der Waals surface area contributed by atoms with Crippen molar-refractivity contribution in [3.63, 3.8) is 0 Å². The second-order valence-corrected chi connectivity index (χ2v) is 6.25. The van der Waals surface area contributed by atoms with Crippen molar-refractivity contribution in [3.05, 3.63) is 59.0 Å². The number of carbonyl (C=O) groups excluding carboxylic acids is 2. The van der Waals surface area contributed by atoms with Gasteiger partial charge in [0.05, 0.1) is 24.8 Å². The van der Waals surface area contributed by atoms with Crippen LogP contribution in [0.25, 0.3) is 10.9 Å². The number of methoxy groups -OCH3 is 2. The molecular formula is C20H16ClFN2O5. The van der Waals surface area contributed by atoms with Gasteiger partial charge in [-0.3, -0.25) is 4.79 Å². The minimum Gasteiger partial charge on any atom is -0.497 e. The number of amides is 1. The van der Waals surface area contributed by atoms with Gasteiger partial charge < -0.3 is 19.5 Å². The minimum atomic E-state index is -0.641. The van der Waals surface area contributed by atoms with Gasteiger partial charge in [-0.05, 0) is 36.4 Å². The minimum absolute atomic E-state index is 0.0332. The Morgan fingerprint density at radius 1 is 1.14 bits per heavy atom. The summed E-state index contributed by atoms with van der Waals surface area (Å²) >= 11 is 5.70. The third-order valence-corrected chi connectivity index (χ3v) is 4.22. The average molecular weight is 419 g/mol. The summed E-state index contributed by atoms with van der Waals surface area (Å²) < 4.78 is 28.8. The van der Waals surface area contributed by atoms with Crippen LogP contribution in [0.15, 0.2) is 42.5 Å². The molecule has 0 spiro atoms. The molecule has 1 N–H and O–H groups in total. The van der Waals surface area contributed by atoms with Crippen LogP contribution in [0.2, 0.25) is 5.02 Å². The third kappa shape index (κ3) is 4.72. The molecule has 0 bridgehead atoms. The van der Waals surface area contributed by atoms with E-state index in [1.54, 1.807) is 18.2 Å². The summed E-state index contributed by atoms with van der Waals surface area (Å²) in [6.45, 7) is -0.369. The molecule has 3 aromatic rings. The number of rotatable bonds is 6. The molecule has 0 aliphatic heterocycles. The molecule has 0 aliphatic rings. The zero-order valence-corrected chi connectivity index (χ0v) is 16.2. The first kappa shape index (κ1) is 20.3. The van der Waals surface area contributed by atoms with Crippen LogP contribution in [0.4, 0.5) is 10.1 Å². The van der Waals surface area contributed by atoms with E-state index < -0.39 is 17.7 Å². The molecule has 0 unspecified atom stereocenters. The van der Waals surface area contributed by atoms with Crippen molar-refractivity contribution in [1.82, 2.24) is 4.98 Å². The van der Waals surface area contributed by atoms with Crippen molar-refractivity contribution in [2.45, 2.75) is 0 Å². The number of esters is 1. The van der Waals surface area contributed by atoms with Gasteiger partial charge in [0.25, 0.3) is 5.91 Å². The molecule has 3 rings (SSSR count). The smallest absolute Gasteiger partial charge is 0.356 e. The molecule has 150 valence electrons. The second kappa shape index (κ2) is 8.74. The van der Waals surface area contributed by atoms with Crippen LogP contribution in [0.3, 0.4) is 0 Å². The van der Waals surface area contributed by atoms with Crippen molar-refractivity contribution in [1.29, 1.82) is 0 Å². The van der Waals surface area contributed by atoms with E-state index in [2.05, 4.69) is 10.3 Å². The summed E-state index contributed by atoms with van der Waals surface area (Å²) in [5, 5.41) is 2.99. The van der Waals surface area contributed by atoms with Gasteiger partial charge in [-0.1, -0.05) is 11.6 Å². The molecule has 0 saturated carbocycles. The Hall–Kier alpha value is -3.39. The number of benzene rings is 2. The highest BCUT2D eigenvalue weighted by molar-refractivity contribution is 6.31. The topological polar surface area (TPSA) is 86.8 Å². The first-order valence-electron chi connectivity index (χ1n) is 8.36.